The molecule has 0 unspecified atom stereocenters. The van der Waals surface area contributed by atoms with E-state index in [9.17, 15) is 0 Å². The van der Waals surface area contributed by atoms with E-state index < -0.39 is 0 Å². The Morgan fingerprint density at radius 1 is 0.702 bits per heavy atom. The maximum absolute atomic E-state index is 4.22. The summed E-state index contributed by atoms with van der Waals surface area (Å²) in [6.45, 7) is 6.76. The first-order chi connectivity index (χ1) is 22.5. The monoisotopic (exact) mass is 786 g/mol. The summed E-state index contributed by atoms with van der Waals surface area (Å²) < 4.78 is 2.39. The van der Waals surface area contributed by atoms with Crippen LogP contribution in [0, 0.1) is 18.8 Å². The number of hydrogen-bond donors (Lipinski definition) is 0. The molecule has 9 rings (SSSR count). The summed E-state index contributed by atoms with van der Waals surface area (Å²) in [7, 11) is 2.04. The van der Waals surface area contributed by atoms with E-state index in [1.54, 1.807) is 6.20 Å². The zero-order chi connectivity index (χ0) is 31.3. The van der Waals surface area contributed by atoms with Crippen LogP contribution in [0.5, 0.6) is 0 Å². The molecule has 0 saturated carbocycles. The molecule has 3 heterocycles. The van der Waals surface area contributed by atoms with E-state index >= 15 is 0 Å². The number of para-hydroxylation sites is 1. The Hall–Kier alpha value is -4.96. The molecule has 0 saturated heterocycles. The number of benzene rings is 5. The van der Waals surface area contributed by atoms with Crippen LogP contribution in [0.4, 0.5) is 5.69 Å². The fraction of sp³-hybridized carbons (Fsp3) is 0.0952. The van der Waals surface area contributed by atoms with Gasteiger partial charge in [0.1, 0.15) is 0 Å². The number of pyridine rings is 1. The molecule has 230 valence electrons. The Balaban J connectivity index is 0.000000228. The summed E-state index contributed by atoms with van der Waals surface area (Å²) in [5.74, 6) is 0. The van der Waals surface area contributed by atoms with Crippen molar-refractivity contribution in [1.29, 1.82) is 0 Å². The van der Waals surface area contributed by atoms with Crippen molar-refractivity contribution in [1.82, 2.24) is 14.5 Å². The summed E-state index contributed by atoms with van der Waals surface area (Å²) in [6.07, 6.45) is 5.91. The Morgan fingerprint density at radius 3 is 2.21 bits per heavy atom. The van der Waals surface area contributed by atoms with E-state index in [2.05, 4.69) is 143 Å². The first kappa shape index (κ1) is 30.7. The SMILES string of the molecule is CN1C=CN(c2[c-]cc3c(c2)c2cc4c(cc2n3-c2ccccc2)C(C)(C)c2ccccc2-4)[CH-]1.[Ir+3].[c-]1ccccc1-c1ccccn1. The molecule has 0 bridgehead atoms. The van der Waals surface area contributed by atoms with Crippen LogP contribution in [0.25, 0.3) is 49.9 Å². The van der Waals surface area contributed by atoms with Gasteiger partial charge >= 0.3 is 20.1 Å². The van der Waals surface area contributed by atoms with Crippen LogP contribution in [-0.4, -0.2) is 21.5 Å². The molecule has 0 amide bonds. The van der Waals surface area contributed by atoms with Crippen molar-refractivity contribution in [3.63, 3.8) is 0 Å². The van der Waals surface area contributed by atoms with Gasteiger partial charge in [-0.1, -0.05) is 74.0 Å². The summed E-state index contributed by atoms with van der Waals surface area (Å²) >= 11 is 0. The first-order valence-electron chi connectivity index (χ1n) is 15.6. The number of rotatable bonds is 3. The summed E-state index contributed by atoms with van der Waals surface area (Å²) in [6, 6.07) is 49.1. The van der Waals surface area contributed by atoms with Crippen molar-refractivity contribution in [3.05, 3.63) is 170 Å². The topological polar surface area (TPSA) is 24.3 Å². The molecule has 4 nitrogen and oxygen atoms in total. The minimum Gasteiger partial charge on any atom is -0.510 e. The van der Waals surface area contributed by atoms with Crippen LogP contribution < -0.4 is 4.90 Å². The van der Waals surface area contributed by atoms with Crippen LogP contribution in [0.1, 0.15) is 25.0 Å². The molecule has 7 aromatic rings. The van der Waals surface area contributed by atoms with Gasteiger partial charge in [0.25, 0.3) is 0 Å². The Morgan fingerprint density at radius 2 is 1.47 bits per heavy atom. The largest absolute Gasteiger partial charge is 3.00 e. The van der Waals surface area contributed by atoms with E-state index in [1.165, 1.54) is 49.7 Å². The van der Waals surface area contributed by atoms with Gasteiger partial charge in [0.2, 0.25) is 0 Å². The molecule has 2 aromatic heterocycles. The molecule has 0 atom stereocenters. The van der Waals surface area contributed by atoms with Crippen LogP contribution in [0.2, 0.25) is 0 Å². The number of nitrogens with zero attached hydrogens (tertiary/aromatic N) is 4. The van der Waals surface area contributed by atoms with Crippen molar-refractivity contribution >= 4 is 27.5 Å². The van der Waals surface area contributed by atoms with E-state index in [4.69, 9.17) is 0 Å². The molecular weight excluding hydrogens is 753 g/mol. The maximum Gasteiger partial charge on any atom is 3.00 e. The van der Waals surface area contributed by atoms with E-state index in [-0.39, 0.29) is 25.5 Å². The predicted octanol–water partition coefficient (Wildman–Crippen LogP) is 9.78. The van der Waals surface area contributed by atoms with Crippen LogP contribution in [-0.2, 0) is 25.5 Å². The van der Waals surface area contributed by atoms with Crippen molar-refractivity contribution < 1.29 is 20.1 Å². The molecule has 5 aromatic carbocycles. The van der Waals surface area contributed by atoms with Crippen molar-refractivity contribution in [3.8, 4) is 28.1 Å². The summed E-state index contributed by atoms with van der Waals surface area (Å²) in [4.78, 5) is 8.39. The molecule has 0 N–H and O–H groups in total. The van der Waals surface area contributed by atoms with Gasteiger partial charge in [-0.3, -0.25) is 0 Å². The van der Waals surface area contributed by atoms with Gasteiger partial charge < -0.3 is 19.4 Å². The minimum absolute atomic E-state index is 0. The molecule has 2 aliphatic rings. The minimum atomic E-state index is -0.0325. The maximum atomic E-state index is 4.22. The third kappa shape index (κ3) is 5.36. The Labute approximate surface area is 290 Å². The Kier molecular flexibility index (Phi) is 8.05. The average molecular weight is 786 g/mol. The number of fused-ring (bicyclic) bond motifs is 6. The standard InChI is InChI=1S/C31H25N3.C11H8N.Ir/c1-31(2)27-12-8-7-11-23(27)24-18-26-25-17-22(33-16-15-32(3)20-33)13-14-29(25)34(30(26)19-28(24)31)21-9-5-4-6-10-21;1-2-6-10(7-3-1)11-8-4-5-9-12-11;/h4-12,14-20H,1-3H3;1-6,8-9H;/q-2;-1;+3. The molecule has 0 fully saturated rings. The molecular formula is C42H33IrN4. The third-order valence-electron chi connectivity index (χ3n) is 9.10. The molecule has 1 aliphatic carbocycles. The van der Waals surface area contributed by atoms with E-state index in [0.29, 0.717) is 0 Å². The molecule has 47 heavy (non-hydrogen) atoms. The molecule has 1 aliphatic heterocycles. The van der Waals surface area contributed by atoms with Crippen molar-refractivity contribution in [2.75, 3.05) is 11.9 Å². The predicted molar refractivity (Wildman–Crippen MR) is 189 cm³/mol. The molecule has 0 spiro atoms. The number of hydrogen-bond acceptors (Lipinski definition) is 3. The second-order valence-electron chi connectivity index (χ2n) is 12.4. The fourth-order valence-corrected chi connectivity index (χ4v) is 6.81. The van der Waals surface area contributed by atoms with Crippen LogP contribution in [0.15, 0.2) is 140 Å². The summed E-state index contributed by atoms with van der Waals surface area (Å²) in [5.41, 5.74) is 12.1. The van der Waals surface area contributed by atoms with Crippen LogP contribution in [0.3, 0.4) is 0 Å². The van der Waals surface area contributed by atoms with Gasteiger partial charge in [-0.05, 0) is 83.1 Å². The van der Waals surface area contributed by atoms with Gasteiger partial charge in [-0.15, -0.1) is 53.0 Å². The van der Waals surface area contributed by atoms with Crippen molar-refractivity contribution in [2.24, 2.45) is 0 Å². The summed E-state index contributed by atoms with van der Waals surface area (Å²) in [5, 5.41) is 2.52. The smallest absolute Gasteiger partial charge is 0.510 e. The first-order valence-corrected chi connectivity index (χ1v) is 15.6. The quantitative estimate of drug-likeness (QED) is 0.167. The number of anilines is 1. The van der Waals surface area contributed by atoms with E-state index in [1.807, 2.05) is 49.5 Å². The van der Waals surface area contributed by atoms with E-state index in [0.717, 1.165) is 16.9 Å². The second kappa shape index (κ2) is 12.3. The molecule has 0 radical (unpaired) electrons. The number of aromatic nitrogens is 2. The zero-order valence-corrected chi connectivity index (χ0v) is 28.9. The van der Waals surface area contributed by atoms with Gasteiger partial charge in [-0.25, -0.2) is 0 Å². The normalized spacial score (nSPS) is 14.0. The van der Waals surface area contributed by atoms with Gasteiger partial charge in [-0.2, -0.15) is 18.8 Å². The molecule has 5 heteroatoms. The van der Waals surface area contributed by atoms with Crippen LogP contribution >= 0.6 is 0 Å². The van der Waals surface area contributed by atoms with Gasteiger partial charge in [0, 0.05) is 22.8 Å². The van der Waals surface area contributed by atoms with Gasteiger partial charge in [0.15, 0.2) is 0 Å². The second-order valence-corrected chi connectivity index (χ2v) is 12.4. The Bertz CT molecular complexity index is 2180. The van der Waals surface area contributed by atoms with Gasteiger partial charge in [0.05, 0.1) is 0 Å². The fourth-order valence-electron chi connectivity index (χ4n) is 6.81. The third-order valence-corrected chi connectivity index (χ3v) is 9.10. The van der Waals surface area contributed by atoms with Crippen molar-refractivity contribution in [2.45, 2.75) is 19.3 Å². The zero-order valence-electron chi connectivity index (χ0n) is 26.5. The average Bonchev–Trinajstić information content (AvgIpc) is 3.75.